The van der Waals surface area contributed by atoms with E-state index >= 15 is 0 Å². The molecule has 1 amide bonds. The Kier molecular flexibility index (Phi) is 7.26. The number of anilines is 1. The molecule has 0 aliphatic rings. The maximum Gasteiger partial charge on any atom is 0.337 e. The summed E-state index contributed by atoms with van der Waals surface area (Å²) in [5.74, 6) is -0.543. The predicted octanol–water partition coefficient (Wildman–Crippen LogP) is 2.14. The van der Waals surface area contributed by atoms with E-state index in [1.165, 1.54) is 25.4 Å². The number of aliphatic hydroxyl groups excluding tert-OH is 1. The van der Waals surface area contributed by atoms with Crippen molar-refractivity contribution in [3.05, 3.63) is 46.5 Å². The molecule has 8 heteroatoms. The summed E-state index contributed by atoms with van der Waals surface area (Å²) < 4.78 is 4.68. The van der Waals surface area contributed by atoms with Crippen LogP contribution in [0.4, 0.5) is 5.13 Å². The van der Waals surface area contributed by atoms with Gasteiger partial charge in [0.1, 0.15) is 6.10 Å². The van der Waals surface area contributed by atoms with Crippen molar-refractivity contribution in [3.63, 3.8) is 0 Å². The molecular weight excluding hydrogens is 354 g/mol. The Morgan fingerprint density at radius 3 is 2.62 bits per heavy atom. The van der Waals surface area contributed by atoms with Gasteiger partial charge in [-0.05, 0) is 31.0 Å². The lowest BCUT2D eigenvalue weighted by atomic mass is 10.0. The fourth-order valence-corrected chi connectivity index (χ4v) is 3.19. The molecule has 2 unspecified atom stereocenters. The zero-order chi connectivity index (χ0) is 19.1. The zero-order valence-electron chi connectivity index (χ0n) is 15.0. The quantitative estimate of drug-likeness (QED) is 0.610. The number of hydrogen-bond donors (Lipinski definition) is 3. The average molecular weight is 377 g/mol. The number of ether oxygens (including phenoxy) is 1. The summed E-state index contributed by atoms with van der Waals surface area (Å²) in [6.07, 6.45) is 0.000425. The van der Waals surface area contributed by atoms with Crippen molar-refractivity contribution in [2.45, 2.75) is 32.4 Å². The number of amides is 1. The SMILES string of the molecule is COC(=O)c1ccc(CC(C)NCC(O)c2csc(NC(C)=O)n2)cc1. The molecule has 0 bridgehead atoms. The van der Waals surface area contributed by atoms with Gasteiger partial charge in [-0.1, -0.05) is 12.1 Å². The van der Waals surface area contributed by atoms with Crippen LogP contribution in [-0.2, 0) is 16.0 Å². The molecule has 1 aromatic carbocycles. The normalized spacial score (nSPS) is 13.1. The Bertz CT molecular complexity index is 745. The predicted molar refractivity (Wildman–Crippen MR) is 100 cm³/mol. The molecule has 0 spiro atoms. The summed E-state index contributed by atoms with van der Waals surface area (Å²) >= 11 is 1.28. The van der Waals surface area contributed by atoms with Crippen molar-refractivity contribution in [1.82, 2.24) is 10.3 Å². The van der Waals surface area contributed by atoms with E-state index in [-0.39, 0.29) is 17.9 Å². The van der Waals surface area contributed by atoms with Crippen molar-refractivity contribution >= 4 is 28.3 Å². The number of hydrogen-bond acceptors (Lipinski definition) is 7. The second-order valence-corrected chi connectivity index (χ2v) is 6.83. The van der Waals surface area contributed by atoms with Crippen molar-refractivity contribution in [2.24, 2.45) is 0 Å². The monoisotopic (exact) mass is 377 g/mol. The molecule has 0 aliphatic heterocycles. The van der Waals surface area contributed by atoms with Crippen LogP contribution in [0.3, 0.4) is 0 Å². The molecule has 3 N–H and O–H groups in total. The van der Waals surface area contributed by atoms with E-state index in [9.17, 15) is 14.7 Å². The van der Waals surface area contributed by atoms with E-state index in [2.05, 4.69) is 20.4 Å². The topological polar surface area (TPSA) is 101 Å². The highest BCUT2D eigenvalue weighted by Gasteiger charge is 2.14. The highest BCUT2D eigenvalue weighted by Crippen LogP contribution is 2.20. The van der Waals surface area contributed by atoms with Crippen LogP contribution >= 0.6 is 11.3 Å². The first kappa shape index (κ1) is 20.0. The highest BCUT2D eigenvalue weighted by molar-refractivity contribution is 7.13. The largest absolute Gasteiger partial charge is 0.465 e. The fraction of sp³-hybridized carbons (Fsp3) is 0.389. The number of carbonyl (C=O) groups is 2. The number of methoxy groups -OCH3 is 1. The number of nitrogens with zero attached hydrogens (tertiary/aromatic N) is 1. The molecule has 1 heterocycles. The molecule has 7 nitrogen and oxygen atoms in total. The first-order chi connectivity index (χ1) is 12.4. The summed E-state index contributed by atoms with van der Waals surface area (Å²) in [7, 11) is 1.36. The summed E-state index contributed by atoms with van der Waals surface area (Å²) in [5, 5.41) is 18.3. The Labute approximate surface area is 156 Å². The van der Waals surface area contributed by atoms with Gasteiger partial charge in [-0.3, -0.25) is 4.79 Å². The minimum atomic E-state index is -0.752. The number of rotatable bonds is 8. The maximum atomic E-state index is 11.4. The van der Waals surface area contributed by atoms with E-state index < -0.39 is 6.10 Å². The van der Waals surface area contributed by atoms with Gasteiger partial charge < -0.3 is 20.5 Å². The Hall–Kier alpha value is -2.29. The van der Waals surface area contributed by atoms with Crippen LogP contribution in [0.1, 0.15) is 41.6 Å². The van der Waals surface area contributed by atoms with E-state index in [0.717, 1.165) is 12.0 Å². The third kappa shape index (κ3) is 5.91. The first-order valence-electron chi connectivity index (χ1n) is 8.20. The molecule has 2 rings (SSSR count). The molecular formula is C18H23N3O4S. The van der Waals surface area contributed by atoms with E-state index in [4.69, 9.17) is 0 Å². The molecule has 0 saturated heterocycles. The minimum Gasteiger partial charge on any atom is -0.465 e. The summed E-state index contributed by atoms with van der Waals surface area (Å²) in [5.41, 5.74) is 2.13. The van der Waals surface area contributed by atoms with Crippen LogP contribution in [0.2, 0.25) is 0 Å². The Morgan fingerprint density at radius 1 is 1.31 bits per heavy atom. The van der Waals surface area contributed by atoms with Gasteiger partial charge in [-0.25, -0.2) is 9.78 Å². The number of aliphatic hydroxyl groups is 1. The van der Waals surface area contributed by atoms with Crippen LogP contribution in [-0.4, -0.2) is 41.7 Å². The second kappa shape index (κ2) is 9.42. The van der Waals surface area contributed by atoms with Gasteiger partial charge >= 0.3 is 5.97 Å². The zero-order valence-corrected chi connectivity index (χ0v) is 15.8. The maximum absolute atomic E-state index is 11.4. The van der Waals surface area contributed by atoms with Gasteiger partial charge in [0.2, 0.25) is 5.91 Å². The lowest BCUT2D eigenvalue weighted by molar-refractivity contribution is -0.114. The van der Waals surface area contributed by atoms with Gasteiger partial charge in [0.05, 0.1) is 18.4 Å². The number of carbonyl (C=O) groups excluding carboxylic acids is 2. The van der Waals surface area contributed by atoms with Crippen LogP contribution in [0.25, 0.3) is 0 Å². The van der Waals surface area contributed by atoms with Crippen LogP contribution in [0.15, 0.2) is 29.6 Å². The van der Waals surface area contributed by atoms with Crippen LogP contribution in [0, 0.1) is 0 Å². The number of thiazole rings is 1. The van der Waals surface area contributed by atoms with Gasteiger partial charge in [0, 0.05) is 24.9 Å². The average Bonchev–Trinajstić information content (AvgIpc) is 3.07. The Morgan fingerprint density at radius 2 is 2.00 bits per heavy atom. The van der Waals surface area contributed by atoms with Gasteiger partial charge in [0.15, 0.2) is 5.13 Å². The second-order valence-electron chi connectivity index (χ2n) is 5.98. The van der Waals surface area contributed by atoms with Gasteiger partial charge in [0.25, 0.3) is 0 Å². The number of benzene rings is 1. The van der Waals surface area contributed by atoms with Gasteiger partial charge in [-0.15, -0.1) is 11.3 Å². The molecule has 1 aromatic heterocycles. The van der Waals surface area contributed by atoms with E-state index in [1.54, 1.807) is 17.5 Å². The fourth-order valence-electron chi connectivity index (χ4n) is 2.39. The minimum absolute atomic E-state index is 0.127. The van der Waals surface area contributed by atoms with Crippen LogP contribution < -0.4 is 10.6 Å². The van der Waals surface area contributed by atoms with Crippen molar-refractivity contribution in [3.8, 4) is 0 Å². The van der Waals surface area contributed by atoms with Gasteiger partial charge in [-0.2, -0.15) is 0 Å². The number of esters is 1. The molecule has 0 saturated carbocycles. The molecule has 140 valence electrons. The standard InChI is InChI=1S/C18H23N3O4S/c1-11(8-13-4-6-14(7-5-13)17(24)25-3)19-9-16(23)15-10-26-18(21-15)20-12(2)22/h4-7,10-11,16,19,23H,8-9H2,1-3H3,(H,20,21,22). The Balaban J connectivity index is 1.82. The highest BCUT2D eigenvalue weighted by atomic mass is 32.1. The van der Waals surface area contributed by atoms with Crippen molar-refractivity contribution in [2.75, 3.05) is 19.0 Å². The number of aromatic nitrogens is 1. The molecule has 2 atom stereocenters. The number of nitrogens with one attached hydrogen (secondary N) is 2. The summed E-state index contributed by atoms with van der Waals surface area (Å²) in [4.78, 5) is 26.6. The third-order valence-corrected chi connectivity index (χ3v) is 4.50. The molecule has 0 aliphatic carbocycles. The molecule has 2 aromatic rings. The van der Waals surface area contributed by atoms with E-state index in [1.807, 2.05) is 19.1 Å². The lowest BCUT2D eigenvalue weighted by Crippen LogP contribution is -2.32. The molecule has 0 fully saturated rings. The van der Waals surface area contributed by atoms with Crippen molar-refractivity contribution < 1.29 is 19.4 Å². The molecule has 26 heavy (non-hydrogen) atoms. The first-order valence-corrected chi connectivity index (χ1v) is 9.08. The summed E-state index contributed by atoms with van der Waals surface area (Å²) in [6.45, 7) is 3.79. The van der Waals surface area contributed by atoms with Crippen molar-refractivity contribution in [1.29, 1.82) is 0 Å². The third-order valence-electron chi connectivity index (χ3n) is 3.72. The van der Waals surface area contributed by atoms with Crippen LogP contribution in [0.5, 0.6) is 0 Å². The summed E-state index contributed by atoms with van der Waals surface area (Å²) in [6, 6.07) is 7.38. The lowest BCUT2D eigenvalue weighted by Gasteiger charge is -2.16. The smallest absolute Gasteiger partial charge is 0.337 e. The molecule has 0 radical (unpaired) electrons. The van der Waals surface area contributed by atoms with E-state index in [0.29, 0.717) is 22.9 Å².